The van der Waals surface area contributed by atoms with Crippen molar-refractivity contribution in [1.29, 1.82) is 0 Å². The van der Waals surface area contributed by atoms with Gasteiger partial charge in [0.15, 0.2) is 0 Å². The van der Waals surface area contributed by atoms with Crippen LogP contribution in [0.5, 0.6) is 0 Å². The van der Waals surface area contributed by atoms with Crippen LogP contribution in [0.4, 0.5) is 0 Å². The Morgan fingerprint density at radius 3 is 2.56 bits per heavy atom. The molecule has 0 radical (unpaired) electrons. The van der Waals surface area contributed by atoms with Crippen LogP contribution in [0.1, 0.15) is 5.56 Å². The Labute approximate surface area is 149 Å². The number of hydrogen-bond donors (Lipinski definition) is 2. The number of aliphatic hydroxyl groups excluding tert-OH is 1. The minimum atomic E-state index is -3.53. The molecule has 25 heavy (non-hydrogen) atoms. The third-order valence-electron chi connectivity index (χ3n) is 4.85. The van der Waals surface area contributed by atoms with Gasteiger partial charge in [0.25, 0.3) is 0 Å². The molecule has 2 N–H and O–H groups in total. The highest BCUT2D eigenvalue weighted by atomic mass is 32.2. The first-order chi connectivity index (χ1) is 11.9. The second-order valence-electron chi connectivity index (χ2n) is 6.94. The minimum absolute atomic E-state index is 0.0970. The Balaban J connectivity index is 1.52. The fourth-order valence-corrected chi connectivity index (χ4v) is 4.68. The van der Waals surface area contributed by atoms with E-state index in [1.54, 1.807) is 12.1 Å². The number of piperazine rings is 1. The zero-order chi connectivity index (χ0) is 17.9. The molecule has 0 bridgehead atoms. The fourth-order valence-electron chi connectivity index (χ4n) is 3.30. The molecular formula is C17H27N3O4S. The first-order valence-electron chi connectivity index (χ1n) is 8.67. The molecule has 2 heterocycles. The van der Waals surface area contributed by atoms with Gasteiger partial charge in [-0.2, -0.15) is 0 Å². The number of nitrogens with zero attached hydrogens (tertiary/aromatic N) is 2. The topological polar surface area (TPSA) is 82.1 Å². The van der Waals surface area contributed by atoms with E-state index in [4.69, 9.17) is 4.74 Å². The largest absolute Gasteiger partial charge is 0.389 e. The van der Waals surface area contributed by atoms with Gasteiger partial charge in [0.1, 0.15) is 0 Å². The van der Waals surface area contributed by atoms with Crippen molar-refractivity contribution in [2.24, 2.45) is 0 Å². The van der Waals surface area contributed by atoms with Crippen LogP contribution in [0.25, 0.3) is 0 Å². The van der Waals surface area contributed by atoms with Gasteiger partial charge in [-0.1, -0.05) is 30.3 Å². The highest BCUT2D eigenvalue weighted by Gasteiger charge is 2.39. The van der Waals surface area contributed by atoms with Crippen LogP contribution in [0.15, 0.2) is 30.3 Å². The molecule has 1 aromatic rings. The molecule has 140 valence electrons. The number of ether oxygens (including phenoxy) is 1. The van der Waals surface area contributed by atoms with E-state index < -0.39 is 22.2 Å². The molecule has 3 atom stereocenters. The Hall–Kier alpha value is -1.03. The molecule has 1 aromatic carbocycles. The molecule has 3 rings (SSSR count). The molecule has 0 amide bonds. The Morgan fingerprint density at radius 1 is 1.20 bits per heavy atom. The van der Waals surface area contributed by atoms with Gasteiger partial charge < -0.3 is 14.7 Å². The maximum atomic E-state index is 12.3. The van der Waals surface area contributed by atoms with Gasteiger partial charge in [-0.15, -0.1) is 0 Å². The average Bonchev–Trinajstić information content (AvgIpc) is 2.90. The lowest BCUT2D eigenvalue weighted by molar-refractivity contribution is 0.00636. The molecule has 2 saturated heterocycles. The number of rotatable bonds is 6. The molecule has 2 aliphatic rings. The summed E-state index contributed by atoms with van der Waals surface area (Å²) in [4.78, 5) is 4.53. The van der Waals surface area contributed by atoms with Gasteiger partial charge in [-0.05, 0) is 12.6 Å². The Bertz CT molecular complexity index is 647. The smallest absolute Gasteiger partial charge is 0.216 e. The second-order valence-corrected chi connectivity index (χ2v) is 8.69. The molecular weight excluding hydrogens is 342 g/mol. The molecule has 7 nitrogen and oxygen atoms in total. The van der Waals surface area contributed by atoms with E-state index in [-0.39, 0.29) is 18.5 Å². The Morgan fingerprint density at radius 2 is 1.88 bits per heavy atom. The molecule has 8 heteroatoms. The predicted molar refractivity (Wildman–Crippen MR) is 95.7 cm³/mol. The first-order valence-corrected chi connectivity index (χ1v) is 10.3. The number of aliphatic hydroxyl groups is 1. The van der Waals surface area contributed by atoms with E-state index in [0.717, 1.165) is 31.7 Å². The van der Waals surface area contributed by atoms with Gasteiger partial charge in [0, 0.05) is 32.7 Å². The van der Waals surface area contributed by atoms with Gasteiger partial charge in [0.2, 0.25) is 10.0 Å². The van der Waals surface area contributed by atoms with Crippen LogP contribution in [0.2, 0.25) is 0 Å². The number of sulfonamides is 1. The molecule has 0 unspecified atom stereocenters. The van der Waals surface area contributed by atoms with Crippen LogP contribution in [-0.4, -0.2) is 88.0 Å². The van der Waals surface area contributed by atoms with Crippen molar-refractivity contribution in [3.05, 3.63) is 35.9 Å². The summed E-state index contributed by atoms with van der Waals surface area (Å²) in [7, 11) is -1.43. The highest BCUT2D eigenvalue weighted by Crippen LogP contribution is 2.18. The van der Waals surface area contributed by atoms with E-state index in [1.807, 2.05) is 18.2 Å². The number of hydrogen-bond acceptors (Lipinski definition) is 6. The maximum absolute atomic E-state index is 12.3. The number of nitrogens with one attached hydrogen (secondary N) is 1. The lowest BCUT2D eigenvalue weighted by Gasteiger charge is -2.34. The van der Waals surface area contributed by atoms with Crippen LogP contribution >= 0.6 is 0 Å². The maximum Gasteiger partial charge on any atom is 0.216 e. The van der Waals surface area contributed by atoms with E-state index in [2.05, 4.69) is 21.6 Å². The van der Waals surface area contributed by atoms with E-state index in [9.17, 15) is 13.5 Å². The van der Waals surface area contributed by atoms with Crippen molar-refractivity contribution >= 4 is 10.0 Å². The third-order valence-corrected chi connectivity index (χ3v) is 6.22. The standard InChI is InChI=1S/C17H27N3O4S/c1-19-7-9-20(10-8-19)11-16-17(21)15(12-24-16)18-25(22,23)13-14-5-3-2-4-6-14/h2-6,15-18,21H,7-13H2,1H3/t15-,16-,17+/m0/s1. The van der Waals surface area contributed by atoms with Crippen LogP contribution < -0.4 is 4.72 Å². The summed E-state index contributed by atoms with van der Waals surface area (Å²) in [6, 6.07) is 8.43. The summed E-state index contributed by atoms with van der Waals surface area (Å²) in [6.07, 6.45) is -1.18. The SMILES string of the molecule is CN1CCN(C[C@@H]2OC[C@H](NS(=O)(=O)Cc3ccccc3)[C@H]2O)CC1. The van der Waals surface area contributed by atoms with Crippen molar-refractivity contribution in [2.75, 3.05) is 46.4 Å². The van der Waals surface area contributed by atoms with Crippen molar-refractivity contribution in [1.82, 2.24) is 14.5 Å². The summed E-state index contributed by atoms with van der Waals surface area (Å²) in [5.41, 5.74) is 0.720. The summed E-state index contributed by atoms with van der Waals surface area (Å²) in [5.74, 6) is -0.0970. The molecule has 0 saturated carbocycles. The first kappa shape index (κ1) is 18.8. The van der Waals surface area contributed by atoms with Gasteiger partial charge >= 0.3 is 0 Å². The van der Waals surface area contributed by atoms with E-state index in [1.165, 1.54) is 0 Å². The normalized spacial score (nSPS) is 29.1. The summed E-state index contributed by atoms with van der Waals surface area (Å²) in [6.45, 7) is 4.70. The third kappa shape index (κ3) is 5.22. The van der Waals surface area contributed by atoms with E-state index in [0.29, 0.717) is 6.54 Å². The lowest BCUT2D eigenvalue weighted by atomic mass is 10.1. The molecule has 0 aliphatic carbocycles. The van der Waals surface area contributed by atoms with Crippen LogP contribution in [0.3, 0.4) is 0 Å². The second kappa shape index (κ2) is 8.11. The predicted octanol–water partition coefficient (Wildman–Crippen LogP) is -0.518. The molecule has 2 aliphatic heterocycles. The van der Waals surface area contributed by atoms with Crippen LogP contribution in [-0.2, 0) is 20.5 Å². The van der Waals surface area contributed by atoms with Crippen LogP contribution in [0, 0.1) is 0 Å². The number of benzene rings is 1. The van der Waals surface area contributed by atoms with Gasteiger partial charge in [0.05, 0.1) is 30.6 Å². The van der Waals surface area contributed by atoms with Gasteiger partial charge in [-0.3, -0.25) is 4.90 Å². The minimum Gasteiger partial charge on any atom is -0.389 e. The van der Waals surface area contributed by atoms with Crippen molar-refractivity contribution in [3.8, 4) is 0 Å². The monoisotopic (exact) mass is 369 g/mol. The Kier molecular flexibility index (Phi) is 6.08. The number of likely N-dealkylation sites (N-methyl/N-ethyl adjacent to an activating group) is 1. The van der Waals surface area contributed by atoms with Crippen molar-refractivity contribution < 1.29 is 18.3 Å². The zero-order valence-corrected chi connectivity index (χ0v) is 15.4. The van der Waals surface area contributed by atoms with E-state index >= 15 is 0 Å². The lowest BCUT2D eigenvalue weighted by Crippen LogP contribution is -2.50. The summed E-state index contributed by atoms with van der Waals surface area (Å²) < 4.78 is 33.0. The van der Waals surface area contributed by atoms with Crippen molar-refractivity contribution in [3.63, 3.8) is 0 Å². The zero-order valence-electron chi connectivity index (χ0n) is 14.5. The quantitative estimate of drug-likeness (QED) is 0.702. The summed E-state index contributed by atoms with van der Waals surface area (Å²) in [5, 5.41) is 10.5. The highest BCUT2D eigenvalue weighted by molar-refractivity contribution is 7.88. The van der Waals surface area contributed by atoms with Crippen molar-refractivity contribution in [2.45, 2.75) is 24.0 Å². The molecule has 0 aromatic heterocycles. The average molecular weight is 369 g/mol. The molecule has 2 fully saturated rings. The molecule has 0 spiro atoms. The summed E-state index contributed by atoms with van der Waals surface area (Å²) >= 11 is 0. The fraction of sp³-hybridized carbons (Fsp3) is 0.647. The van der Waals surface area contributed by atoms with Gasteiger partial charge in [-0.25, -0.2) is 13.1 Å².